The third-order valence-electron chi connectivity index (χ3n) is 5.46. The molecular formula is C24H23ClN2O3S. The number of para-hydroxylation sites is 1. The van der Waals surface area contributed by atoms with Crippen LogP contribution >= 0.6 is 11.6 Å². The van der Waals surface area contributed by atoms with Crippen LogP contribution in [0.5, 0.6) is 0 Å². The number of halogens is 1. The summed E-state index contributed by atoms with van der Waals surface area (Å²) in [5, 5.41) is 0.463. The first kappa shape index (κ1) is 21.6. The van der Waals surface area contributed by atoms with Crippen molar-refractivity contribution < 1.29 is 13.2 Å². The molecule has 0 N–H and O–H groups in total. The van der Waals surface area contributed by atoms with Crippen LogP contribution in [0, 0.1) is 6.92 Å². The van der Waals surface area contributed by atoms with E-state index in [-0.39, 0.29) is 23.9 Å². The molecule has 4 rings (SSSR count). The maximum absolute atomic E-state index is 13.5. The number of hydrogen-bond donors (Lipinski definition) is 0. The average molecular weight is 455 g/mol. The molecule has 0 unspecified atom stereocenters. The zero-order valence-electron chi connectivity index (χ0n) is 17.2. The molecule has 0 bridgehead atoms. The van der Waals surface area contributed by atoms with Crippen LogP contribution in [-0.4, -0.2) is 31.7 Å². The molecule has 0 fully saturated rings. The Kier molecular flexibility index (Phi) is 6.14. The maximum Gasteiger partial charge on any atom is 0.243 e. The van der Waals surface area contributed by atoms with Crippen LogP contribution in [0.2, 0.25) is 5.02 Å². The molecule has 5 nitrogen and oxygen atoms in total. The first-order chi connectivity index (χ1) is 14.9. The number of carbonyl (C=O) groups excluding carboxylic acids is 1. The van der Waals surface area contributed by atoms with Crippen LogP contribution in [0.1, 0.15) is 16.7 Å². The topological polar surface area (TPSA) is 57.7 Å². The Labute approximate surface area is 187 Å². The van der Waals surface area contributed by atoms with Crippen molar-refractivity contribution in [2.24, 2.45) is 0 Å². The van der Waals surface area contributed by atoms with Crippen molar-refractivity contribution in [3.05, 3.63) is 94.5 Å². The number of benzene rings is 3. The highest BCUT2D eigenvalue weighted by Crippen LogP contribution is 2.29. The summed E-state index contributed by atoms with van der Waals surface area (Å²) in [6.45, 7) is 2.18. The van der Waals surface area contributed by atoms with E-state index < -0.39 is 10.0 Å². The zero-order chi connectivity index (χ0) is 22.0. The summed E-state index contributed by atoms with van der Waals surface area (Å²) in [5.74, 6) is -0.257. The molecule has 3 aromatic carbocycles. The summed E-state index contributed by atoms with van der Waals surface area (Å²) in [7, 11) is -3.91. The Morgan fingerprint density at radius 1 is 1.00 bits per heavy atom. The number of rotatable bonds is 6. The van der Waals surface area contributed by atoms with Crippen LogP contribution < -0.4 is 4.90 Å². The van der Waals surface area contributed by atoms with Crippen LogP contribution in [0.4, 0.5) is 5.69 Å². The second-order valence-electron chi connectivity index (χ2n) is 7.60. The molecule has 0 radical (unpaired) electrons. The van der Waals surface area contributed by atoms with Crippen molar-refractivity contribution in [3.8, 4) is 0 Å². The van der Waals surface area contributed by atoms with Gasteiger partial charge >= 0.3 is 0 Å². The molecule has 0 saturated carbocycles. The molecule has 31 heavy (non-hydrogen) atoms. The van der Waals surface area contributed by atoms with Gasteiger partial charge in [-0.2, -0.15) is 4.31 Å². The second-order valence-corrected chi connectivity index (χ2v) is 9.95. The van der Waals surface area contributed by atoms with Crippen LogP contribution in [0.3, 0.4) is 0 Å². The van der Waals surface area contributed by atoms with Crippen LogP contribution in [0.25, 0.3) is 0 Å². The van der Waals surface area contributed by atoms with Crippen molar-refractivity contribution >= 4 is 33.2 Å². The van der Waals surface area contributed by atoms with Gasteiger partial charge in [0.1, 0.15) is 0 Å². The highest BCUT2D eigenvalue weighted by Gasteiger charge is 2.31. The number of fused-ring (bicyclic) bond motifs is 1. The molecule has 7 heteroatoms. The lowest BCUT2D eigenvalue weighted by Gasteiger charge is -2.25. The van der Waals surface area contributed by atoms with E-state index in [1.165, 1.54) is 4.31 Å². The number of nitrogens with zero attached hydrogens (tertiary/aromatic N) is 2. The lowest BCUT2D eigenvalue weighted by atomic mass is 10.2. The highest BCUT2D eigenvalue weighted by atomic mass is 35.5. The van der Waals surface area contributed by atoms with Crippen molar-refractivity contribution in [2.75, 3.05) is 18.0 Å². The number of sulfonamides is 1. The summed E-state index contributed by atoms with van der Waals surface area (Å²) < 4.78 is 28.1. The molecule has 0 spiro atoms. The predicted molar refractivity (Wildman–Crippen MR) is 123 cm³/mol. The summed E-state index contributed by atoms with van der Waals surface area (Å²) in [5.41, 5.74) is 3.55. The SMILES string of the molecule is Cc1ccc(S(=O)(=O)N(CC(=O)N2CCc3ccccc32)Cc2ccccc2Cl)cc1. The lowest BCUT2D eigenvalue weighted by molar-refractivity contribution is -0.118. The minimum Gasteiger partial charge on any atom is -0.311 e. The van der Waals surface area contributed by atoms with Gasteiger partial charge in [0.05, 0.1) is 11.4 Å². The number of hydrogen-bond acceptors (Lipinski definition) is 3. The van der Waals surface area contributed by atoms with Crippen molar-refractivity contribution in [1.82, 2.24) is 4.31 Å². The van der Waals surface area contributed by atoms with Crippen molar-refractivity contribution in [3.63, 3.8) is 0 Å². The van der Waals surface area contributed by atoms with E-state index >= 15 is 0 Å². The minimum atomic E-state index is -3.91. The van der Waals surface area contributed by atoms with Gasteiger partial charge in [-0.05, 0) is 48.7 Å². The van der Waals surface area contributed by atoms with Gasteiger partial charge in [-0.3, -0.25) is 4.79 Å². The molecule has 0 aliphatic carbocycles. The third kappa shape index (κ3) is 4.51. The van der Waals surface area contributed by atoms with E-state index in [1.807, 2.05) is 31.2 Å². The Hall–Kier alpha value is -2.67. The fourth-order valence-corrected chi connectivity index (χ4v) is 5.30. The number of amides is 1. The van der Waals surface area contributed by atoms with Gasteiger partial charge in [-0.15, -0.1) is 0 Å². The molecule has 1 amide bonds. The summed E-state index contributed by atoms with van der Waals surface area (Å²) in [6.07, 6.45) is 0.761. The predicted octanol–water partition coefficient (Wildman–Crippen LogP) is 4.43. The standard InChI is InChI=1S/C24H23ClN2O3S/c1-18-10-12-21(13-11-18)31(29,30)26(16-20-7-2-4-8-22(20)25)17-24(28)27-15-14-19-6-3-5-9-23(19)27/h2-13H,14-17H2,1H3. The van der Waals surface area contributed by atoms with E-state index in [9.17, 15) is 13.2 Å². The molecule has 160 valence electrons. The zero-order valence-corrected chi connectivity index (χ0v) is 18.7. The first-order valence-corrected chi connectivity index (χ1v) is 11.9. The van der Waals surface area contributed by atoms with Crippen molar-refractivity contribution in [2.45, 2.75) is 24.8 Å². The minimum absolute atomic E-state index is 0.0110. The van der Waals surface area contributed by atoms with Gasteiger partial charge in [0.2, 0.25) is 15.9 Å². The Bertz CT molecular complexity index is 1210. The van der Waals surface area contributed by atoms with Gasteiger partial charge in [0.15, 0.2) is 0 Å². The van der Waals surface area contributed by atoms with E-state index in [2.05, 4.69) is 0 Å². The number of anilines is 1. The largest absolute Gasteiger partial charge is 0.311 e. The fourth-order valence-electron chi connectivity index (χ4n) is 3.74. The summed E-state index contributed by atoms with van der Waals surface area (Å²) in [6, 6.07) is 21.4. The molecule has 1 aliphatic rings. The number of carbonyl (C=O) groups is 1. The lowest BCUT2D eigenvalue weighted by Crippen LogP contribution is -2.42. The Morgan fingerprint density at radius 3 is 2.42 bits per heavy atom. The summed E-state index contributed by atoms with van der Waals surface area (Å²) in [4.78, 5) is 15.0. The van der Waals surface area contributed by atoms with Crippen LogP contribution in [-0.2, 0) is 27.8 Å². The van der Waals surface area contributed by atoms with Gasteiger partial charge in [0, 0.05) is 23.8 Å². The molecule has 0 atom stereocenters. The monoisotopic (exact) mass is 454 g/mol. The molecular weight excluding hydrogens is 432 g/mol. The summed E-state index contributed by atoms with van der Waals surface area (Å²) >= 11 is 6.30. The van der Waals surface area contributed by atoms with Gasteiger partial charge in [-0.25, -0.2) is 8.42 Å². The van der Waals surface area contributed by atoms with Crippen LogP contribution in [0.15, 0.2) is 77.7 Å². The highest BCUT2D eigenvalue weighted by molar-refractivity contribution is 7.89. The van der Waals surface area contributed by atoms with E-state index in [1.54, 1.807) is 53.4 Å². The van der Waals surface area contributed by atoms with E-state index in [0.29, 0.717) is 17.1 Å². The number of aryl methyl sites for hydroxylation is 1. The Morgan fingerprint density at radius 2 is 1.68 bits per heavy atom. The fraction of sp³-hybridized carbons (Fsp3) is 0.208. The maximum atomic E-state index is 13.5. The third-order valence-corrected chi connectivity index (χ3v) is 7.64. The first-order valence-electron chi connectivity index (χ1n) is 10.0. The van der Waals surface area contributed by atoms with Gasteiger partial charge < -0.3 is 4.90 Å². The molecule has 3 aromatic rings. The molecule has 0 saturated heterocycles. The normalized spacial score (nSPS) is 13.5. The molecule has 1 heterocycles. The molecule has 1 aliphatic heterocycles. The quantitative estimate of drug-likeness (QED) is 0.553. The Balaban J connectivity index is 1.66. The van der Waals surface area contributed by atoms with Gasteiger partial charge in [0.25, 0.3) is 0 Å². The smallest absolute Gasteiger partial charge is 0.243 e. The van der Waals surface area contributed by atoms with Crippen molar-refractivity contribution in [1.29, 1.82) is 0 Å². The average Bonchev–Trinajstić information content (AvgIpc) is 3.19. The van der Waals surface area contributed by atoms with Gasteiger partial charge in [-0.1, -0.05) is 65.7 Å². The second kappa shape index (κ2) is 8.83. The van der Waals surface area contributed by atoms with E-state index in [4.69, 9.17) is 11.6 Å². The molecule has 0 aromatic heterocycles. The van der Waals surface area contributed by atoms with E-state index in [0.717, 1.165) is 23.2 Å².